The SMILES string of the molecule is NC(=O)OC(=O)O. The highest BCUT2D eigenvalue weighted by Gasteiger charge is 1.98. The van der Waals surface area contributed by atoms with Crippen LogP contribution in [0.25, 0.3) is 0 Å². The Morgan fingerprint density at radius 3 is 2.00 bits per heavy atom. The molecule has 0 spiro atoms. The van der Waals surface area contributed by atoms with Crippen LogP contribution in [0, 0.1) is 0 Å². The van der Waals surface area contributed by atoms with Crippen LogP contribution in [0.3, 0.4) is 0 Å². The Hall–Kier alpha value is -1.26. The monoisotopic (exact) mass is 105 g/mol. The number of carbonyl (C=O) groups excluding carboxylic acids is 1. The molecule has 0 aliphatic carbocycles. The topological polar surface area (TPSA) is 89.6 Å². The third-order valence-corrected chi connectivity index (χ3v) is 0.188. The van der Waals surface area contributed by atoms with E-state index in [4.69, 9.17) is 5.11 Å². The molecule has 40 valence electrons. The average molecular weight is 105 g/mol. The Balaban J connectivity index is 3.32. The molecule has 0 saturated heterocycles. The van der Waals surface area contributed by atoms with Crippen molar-refractivity contribution < 1.29 is 19.4 Å². The third-order valence-electron chi connectivity index (χ3n) is 0.188. The minimum atomic E-state index is -1.69. The predicted molar refractivity (Wildman–Crippen MR) is 18.7 cm³/mol. The van der Waals surface area contributed by atoms with Gasteiger partial charge in [-0.2, -0.15) is 0 Å². The molecule has 0 rings (SSSR count). The van der Waals surface area contributed by atoms with Gasteiger partial charge in [-0.25, -0.2) is 9.59 Å². The molecule has 0 fully saturated rings. The fourth-order valence-corrected chi connectivity index (χ4v) is 0.0861. The van der Waals surface area contributed by atoms with Crippen molar-refractivity contribution in [2.45, 2.75) is 0 Å². The Morgan fingerprint density at radius 1 is 1.57 bits per heavy atom. The van der Waals surface area contributed by atoms with Crippen LogP contribution in [0.15, 0.2) is 0 Å². The van der Waals surface area contributed by atoms with Gasteiger partial charge >= 0.3 is 12.2 Å². The number of amides is 1. The van der Waals surface area contributed by atoms with Gasteiger partial charge in [0.15, 0.2) is 0 Å². The zero-order valence-electron chi connectivity index (χ0n) is 3.25. The molecule has 0 aromatic rings. The van der Waals surface area contributed by atoms with Crippen molar-refractivity contribution in [3.63, 3.8) is 0 Å². The molecule has 0 aromatic carbocycles. The van der Waals surface area contributed by atoms with Gasteiger partial charge in [0.1, 0.15) is 0 Å². The van der Waals surface area contributed by atoms with Gasteiger partial charge in [0.2, 0.25) is 0 Å². The summed E-state index contributed by atoms with van der Waals surface area (Å²) in [6, 6.07) is 0. The summed E-state index contributed by atoms with van der Waals surface area (Å²) in [5.41, 5.74) is 4.25. The molecule has 5 heteroatoms. The van der Waals surface area contributed by atoms with E-state index in [2.05, 4.69) is 10.5 Å². The van der Waals surface area contributed by atoms with E-state index >= 15 is 0 Å². The van der Waals surface area contributed by atoms with Crippen LogP contribution < -0.4 is 5.73 Å². The number of ether oxygens (including phenoxy) is 1. The van der Waals surface area contributed by atoms with Crippen LogP contribution in [0.5, 0.6) is 0 Å². The van der Waals surface area contributed by atoms with E-state index in [-0.39, 0.29) is 0 Å². The molecule has 0 bridgehead atoms. The van der Waals surface area contributed by atoms with Crippen LogP contribution in [0.4, 0.5) is 9.59 Å². The van der Waals surface area contributed by atoms with Crippen LogP contribution >= 0.6 is 0 Å². The zero-order valence-corrected chi connectivity index (χ0v) is 3.25. The summed E-state index contributed by atoms with van der Waals surface area (Å²) >= 11 is 0. The number of carboxylic acid groups (broad SMARTS) is 1. The maximum atomic E-state index is 9.43. The van der Waals surface area contributed by atoms with Crippen molar-refractivity contribution in [2.75, 3.05) is 0 Å². The van der Waals surface area contributed by atoms with Gasteiger partial charge < -0.3 is 15.6 Å². The van der Waals surface area contributed by atoms with Gasteiger partial charge in [0.05, 0.1) is 0 Å². The van der Waals surface area contributed by atoms with E-state index in [1.807, 2.05) is 0 Å². The van der Waals surface area contributed by atoms with E-state index in [1.54, 1.807) is 0 Å². The first-order valence-corrected chi connectivity index (χ1v) is 1.33. The molecule has 0 saturated carbocycles. The molecule has 0 aliphatic rings. The second-order valence-electron chi connectivity index (χ2n) is 0.687. The molecule has 0 aliphatic heterocycles. The number of rotatable bonds is 0. The average Bonchev–Trinajstić information content (AvgIpc) is 1.27. The number of hydrogen-bond donors (Lipinski definition) is 2. The maximum Gasteiger partial charge on any atom is 0.514 e. The number of hydrogen-bond acceptors (Lipinski definition) is 3. The second-order valence-corrected chi connectivity index (χ2v) is 0.687. The van der Waals surface area contributed by atoms with Gasteiger partial charge in [-0.3, -0.25) is 0 Å². The minimum absolute atomic E-state index is 1.31. The van der Waals surface area contributed by atoms with Gasteiger partial charge in [0.25, 0.3) is 0 Å². The lowest BCUT2D eigenvalue weighted by Crippen LogP contribution is -2.16. The molecule has 0 heterocycles. The van der Waals surface area contributed by atoms with Crippen molar-refractivity contribution in [3.8, 4) is 0 Å². The summed E-state index contributed by atoms with van der Waals surface area (Å²) in [5, 5.41) is 7.56. The summed E-state index contributed by atoms with van der Waals surface area (Å²) in [5.74, 6) is 0. The highest BCUT2D eigenvalue weighted by atomic mass is 16.7. The minimum Gasteiger partial charge on any atom is -0.449 e. The molecule has 7 heavy (non-hydrogen) atoms. The van der Waals surface area contributed by atoms with Crippen LogP contribution in [-0.2, 0) is 4.74 Å². The smallest absolute Gasteiger partial charge is 0.449 e. The lowest BCUT2D eigenvalue weighted by molar-refractivity contribution is 0.114. The van der Waals surface area contributed by atoms with E-state index in [0.29, 0.717) is 0 Å². The zero-order chi connectivity index (χ0) is 5.86. The Morgan fingerprint density at radius 2 is 2.00 bits per heavy atom. The summed E-state index contributed by atoms with van der Waals surface area (Å²) in [7, 11) is 0. The molecular formula is C2H3NO4. The first kappa shape index (κ1) is 5.74. The van der Waals surface area contributed by atoms with Crippen molar-refractivity contribution in [1.82, 2.24) is 0 Å². The lowest BCUT2D eigenvalue weighted by Gasteiger charge is -1.85. The fourth-order valence-electron chi connectivity index (χ4n) is 0.0861. The van der Waals surface area contributed by atoms with E-state index in [0.717, 1.165) is 0 Å². The molecule has 0 unspecified atom stereocenters. The van der Waals surface area contributed by atoms with E-state index in [9.17, 15) is 9.59 Å². The highest BCUT2D eigenvalue weighted by Crippen LogP contribution is 1.70. The predicted octanol–water partition coefficient (Wildman–Crippen LogP) is -0.240. The molecule has 0 atom stereocenters. The largest absolute Gasteiger partial charge is 0.514 e. The summed E-state index contributed by atoms with van der Waals surface area (Å²) < 4.78 is 3.31. The molecule has 0 radical (unpaired) electrons. The van der Waals surface area contributed by atoms with Crippen LogP contribution in [0.1, 0.15) is 0 Å². The van der Waals surface area contributed by atoms with Crippen molar-refractivity contribution in [1.29, 1.82) is 0 Å². The van der Waals surface area contributed by atoms with Gasteiger partial charge in [0, 0.05) is 0 Å². The van der Waals surface area contributed by atoms with Gasteiger partial charge in [-0.05, 0) is 0 Å². The summed E-state index contributed by atoms with van der Waals surface area (Å²) in [4.78, 5) is 18.7. The van der Waals surface area contributed by atoms with Crippen molar-refractivity contribution in [3.05, 3.63) is 0 Å². The molecule has 0 aromatic heterocycles. The molecule has 1 amide bonds. The van der Waals surface area contributed by atoms with Crippen molar-refractivity contribution in [2.24, 2.45) is 5.73 Å². The van der Waals surface area contributed by atoms with Gasteiger partial charge in [-0.1, -0.05) is 0 Å². The van der Waals surface area contributed by atoms with E-state index in [1.165, 1.54) is 0 Å². The third kappa shape index (κ3) is 4.74. The first-order valence-electron chi connectivity index (χ1n) is 1.33. The molecule has 5 nitrogen and oxygen atoms in total. The Labute approximate surface area is 38.7 Å². The fraction of sp³-hybridized carbons (Fsp3) is 0. The molecule has 3 N–H and O–H groups in total. The highest BCUT2D eigenvalue weighted by molar-refractivity contribution is 5.78. The maximum absolute atomic E-state index is 9.43. The second kappa shape index (κ2) is 2.01. The van der Waals surface area contributed by atoms with Crippen LogP contribution in [0.2, 0.25) is 0 Å². The molecular weight excluding hydrogens is 102 g/mol. The number of nitrogens with two attached hydrogens (primary N) is 1. The number of primary amides is 1. The summed E-state index contributed by atoms with van der Waals surface area (Å²) in [6.07, 6.45) is -3.00. The quantitative estimate of drug-likeness (QED) is 0.328. The Bertz CT molecular complexity index is 85.9. The van der Waals surface area contributed by atoms with E-state index < -0.39 is 12.2 Å². The summed E-state index contributed by atoms with van der Waals surface area (Å²) in [6.45, 7) is 0. The standard InChI is InChI=1S/C2H3NO4/c3-1(4)7-2(5)6/h(H2,3,4)(H,5,6). The lowest BCUT2D eigenvalue weighted by atomic mass is 11.2. The van der Waals surface area contributed by atoms with Crippen LogP contribution in [-0.4, -0.2) is 17.4 Å². The normalized spacial score (nSPS) is 7.43. The van der Waals surface area contributed by atoms with Crippen molar-refractivity contribution >= 4 is 12.2 Å². The van der Waals surface area contributed by atoms with Gasteiger partial charge in [-0.15, -0.1) is 0 Å². The number of carbonyl (C=O) groups is 2. The Kier molecular flexibility index (Phi) is 1.65. The first-order chi connectivity index (χ1) is 3.13.